The summed E-state index contributed by atoms with van der Waals surface area (Å²) in [5, 5.41) is 0. The largest absolute Gasteiger partial charge is 0.344 e. The lowest BCUT2D eigenvalue weighted by molar-refractivity contribution is -0.146. The normalized spacial score (nSPS) is 22.0. The van der Waals surface area contributed by atoms with Crippen LogP contribution in [-0.2, 0) is 9.59 Å². The molecule has 6 heteroatoms. The molecule has 1 fully saturated rings. The van der Waals surface area contributed by atoms with E-state index in [0.29, 0.717) is 0 Å². The molecule has 0 radical (unpaired) electrons. The van der Waals surface area contributed by atoms with E-state index in [2.05, 4.69) is 22.7 Å². The highest BCUT2D eigenvalue weighted by Gasteiger charge is 2.45. The number of allylic oxidation sites excluding steroid dienone is 1. The van der Waals surface area contributed by atoms with E-state index in [1.807, 2.05) is 0 Å². The zero-order valence-corrected chi connectivity index (χ0v) is 10.7. The average molecular weight is 289 g/mol. The highest BCUT2D eigenvalue weighted by atomic mass is 79.9. The zero-order valence-electron chi connectivity index (χ0n) is 9.14. The second-order valence-electron chi connectivity index (χ2n) is 3.78. The molecule has 0 bridgehead atoms. The van der Waals surface area contributed by atoms with Gasteiger partial charge < -0.3 is 0 Å². The minimum Gasteiger partial charge on any atom is -0.273 e. The fourth-order valence-corrected chi connectivity index (χ4v) is 1.96. The smallest absolute Gasteiger partial charge is 0.273 e. The summed E-state index contributed by atoms with van der Waals surface area (Å²) in [7, 11) is 0. The highest BCUT2D eigenvalue weighted by molar-refractivity contribution is 9.08. The maximum Gasteiger partial charge on any atom is 0.344 e. The van der Waals surface area contributed by atoms with E-state index in [0.717, 1.165) is 8.83 Å². The van der Waals surface area contributed by atoms with Crippen LogP contribution in [0, 0.1) is 5.92 Å². The monoisotopic (exact) mass is 288 g/mol. The number of imide groups is 2. The Labute approximate surface area is 102 Å². The first-order valence-electron chi connectivity index (χ1n) is 4.89. The second-order valence-corrected chi connectivity index (χ2v) is 4.49. The minimum absolute atomic E-state index is 0.232. The molecule has 5 nitrogen and oxygen atoms in total. The van der Waals surface area contributed by atoms with Crippen molar-refractivity contribution in [2.75, 3.05) is 0 Å². The molecule has 1 unspecified atom stereocenters. The van der Waals surface area contributed by atoms with Crippen molar-refractivity contribution in [2.24, 2.45) is 5.92 Å². The van der Waals surface area contributed by atoms with Gasteiger partial charge in [0.15, 0.2) is 0 Å². The third-order valence-electron chi connectivity index (χ3n) is 2.32. The van der Waals surface area contributed by atoms with Gasteiger partial charge in [0.1, 0.15) is 5.92 Å². The number of halogens is 1. The van der Waals surface area contributed by atoms with Crippen molar-refractivity contribution >= 4 is 34.0 Å². The van der Waals surface area contributed by atoms with Gasteiger partial charge in [-0.25, -0.2) is 4.79 Å². The lowest BCUT2D eigenvalue weighted by Crippen LogP contribution is -2.58. The van der Waals surface area contributed by atoms with Crippen molar-refractivity contribution < 1.29 is 14.4 Å². The van der Waals surface area contributed by atoms with Crippen LogP contribution < -0.4 is 0 Å². The first-order valence-corrected chi connectivity index (χ1v) is 5.60. The second kappa shape index (κ2) is 4.78. The molecular weight excluding hydrogens is 276 g/mol. The molecule has 1 aliphatic rings. The third-order valence-corrected chi connectivity index (χ3v) is 2.97. The molecule has 1 saturated heterocycles. The van der Waals surface area contributed by atoms with E-state index in [1.54, 1.807) is 13.8 Å². The van der Waals surface area contributed by atoms with Crippen LogP contribution in [0.25, 0.3) is 0 Å². The van der Waals surface area contributed by atoms with Gasteiger partial charge in [-0.1, -0.05) is 6.08 Å². The summed E-state index contributed by atoms with van der Waals surface area (Å²) in [6.45, 7) is 6.94. The van der Waals surface area contributed by atoms with Crippen LogP contribution in [-0.4, -0.2) is 32.7 Å². The third kappa shape index (κ3) is 2.02. The minimum atomic E-state index is -0.850. The summed E-state index contributed by atoms with van der Waals surface area (Å²) < 4.78 is 0.808. The Morgan fingerprint density at radius 1 is 1.38 bits per heavy atom. The number of urea groups is 1. The van der Waals surface area contributed by atoms with E-state index >= 15 is 0 Å². The summed E-state index contributed by atoms with van der Waals surface area (Å²) in [5.74, 6) is -1.84. The number of rotatable bonds is 3. The van der Waals surface area contributed by atoms with Crippen molar-refractivity contribution in [1.29, 1.82) is 0 Å². The van der Waals surface area contributed by atoms with Crippen LogP contribution in [0.5, 0.6) is 0 Å². The predicted molar refractivity (Wildman–Crippen MR) is 61.5 cm³/mol. The summed E-state index contributed by atoms with van der Waals surface area (Å²) in [4.78, 5) is 36.3. The fraction of sp³-hybridized carbons (Fsp3) is 0.500. The van der Waals surface area contributed by atoms with Crippen LogP contribution in [0.2, 0.25) is 0 Å². The van der Waals surface area contributed by atoms with Gasteiger partial charge in [0.05, 0.1) is 16.1 Å². The maximum absolute atomic E-state index is 11.9. The van der Waals surface area contributed by atoms with E-state index < -0.39 is 23.8 Å². The topological polar surface area (TPSA) is 57.7 Å². The molecule has 0 saturated carbocycles. The molecule has 0 N–H and O–H groups in total. The van der Waals surface area contributed by atoms with Crippen LogP contribution in [0.15, 0.2) is 12.7 Å². The Balaban J connectivity index is 3.07. The molecule has 1 atom stereocenters. The van der Waals surface area contributed by atoms with E-state index in [-0.39, 0.29) is 12.5 Å². The molecule has 0 aromatic heterocycles. The van der Waals surface area contributed by atoms with Gasteiger partial charge in [-0.05, 0) is 20.3 Å². The molecule has 1 aliphatic heterocycles. The van der Waals surface area contributed by atoms with Gasteiger partial charge in [-0.3, -0.25) is 14.5 Å². The van der Waals surface area contributed by atoms with E-state index in [9.17, 15) is 14.4 Å². The van der Waals surface area contributed by atoms with Crippen LogP contribution in [0.3, 0.4) is 0 Å². The van der Waals surface area contributed by atoms with Crippen LogP contribution in [0.4, 0.5) is 4.79 Å². The van der Waals surface area contributed by atoms with Crippen molar-refractivity contribution in [3.05, 3.63) is 12.7 Å². The number of hydrogen-bond acceptors (Lipinski definition) is 3. The number of hydrogen-bond donors (Lipinski definition) is 0. The van der Waals surface area contributed by atoms with Gasteiger partial charge in [0.25, 0.3) is 5.91 Å². The molecular formula is C10H13BrN2O3. The lowest BCUT2D eigenvalue weighted by atomic mass is 10.00. The quantitative estimate of drug-likeness (QED) is 0.451. The van der Waals surface area contributed by atoms with Crippen molar-refractivity contribution in [3.8, 4) is 0 Å². The van der Waals surface area contributed by atoms with E-state index in [1.165, 1.54) is 6.08 Å². The lowest BCUT2D eigenvalue weighted by Gasteiger charge is -2.35. The Kier molecular flexibility index (Phi) is 3.85. The standard InChI is InChI=1S/C10H13BrN2O3/c1-4-5-7-8(14)12(6(2)3)10(16)13(11)9(7)15/h4,6-7H,1,5H2,2-3H3. The molecule has 1 heterocycles. The van der Waals surface area contributed by atoms with Crippen molar-refractivity contribution in [2.45, 2.75) is 26.3 Å². The van der Waals surface area contributed by atoms with E-state index in [4.69, 9.17) is 0 Å². The highest BCUT2D eigenvalue weighted by Crippen LogP contribution is 2.24. The summed E-state index contributed by atoms with van der Waals surface area (Å²) >= 11 is 2.87. The Bertz CT molecular complexity index is 354. The summed E-state index contributed by atoms with van der Waals surface area (Å²) in [6, 6.07) is -0.911. The zero-order chi connectivity index (χ0) is 12.5. The molecule has 88 valence electrons. The van der Waals surface area contributed by atoms with Gasteiger partial charge in [-0.2, -0.15) is 3.93 Å². The molecule has 1 rings (SSSR count). The van der Waals surface area contributed by atoms with Gasteiger partial charge in [0, 0.05) is 6.04 Å². The fourth-order valence-electron chi connectivity index (χ4n) is 1.54. The van der Waals surface area contributed by atoms with Crippen molar-refractivity contribution in [3.63, 3.8) is 0 Å². The van der Waals surface area contributed by atoms with Gasteiger partial charge >= 0.3 is 6.03 Å². The number of amides is 4. The van der Waals surface area contributed by atoms with Crippen LogP contribution in [0.1, 0.15) is 20.3 Å². The summed E-state index contributed by atoms with van der Waals surface area (Å²) in [6.07, 6.45) is 1.73. The number of carbonyl (C=O) groups is 3. The number of carbonyl (C=O) groups excluding carboxylic acids is 3. The Hall–Kier alpha value is -1.17. The first kappa shape index (κ1) is 12.9. The van der Waals surface area contributed by atoms with Gasteiger partial charge in [0.2, 0.25) is 5.91 Å². The van der Waals surface area contributed by atoms with Crippen LogP contribution >= 0.6 is 16.1 Å². The Morgan fingerprint density at radius 2 is 1.94 bits per heavy atom. The Morgan fingerprint density at radius 3 is 2.38 bits per heavy atom. The van der Waals surface area contributed by atoms with Gasteiger partial charge in [-0.15, -0.1) is 6.58 Å². The number of barbiturate groups is 1. The molecule has 16 heavy (non-hydrogen) atoms. The molecule has 0 spiro atoms. The average Bonchev–Trinajstić information content (AvgIpc) is 2.21. The van der Waals surface area contributed by atoms with Crippen molar-refractivity contribution in [1.82, 2.24) is 8.83 Å². The number of nitrogens with zero attached hydrogens (tertiary/aromatic N) is 2. The predicted octanol–water partition coefficient (Wildman–Crippen LogP) is 1.69. The molecule has 0 aromatic carbocycles. The first-order chi connectivity index (χ1) is 7.41. The maximum atomic E-state index is 11.9. The molecule has 0 aliphatic carbocycles. The molecule has 0 aromatic rings. The summed E-state index contributed by atoms with van der Waals surface area (Å²) in [5.41, 5.74) is 0. The molecule has 4 amide bonds. The SMILES string of the molecule is C=CCC1C(=O)N(Br)C(=O)N(C(C)C)C1=O.